The molecule has 4 aromatic heterocycles. The van der Waals surface area contributed by atoms with Crippen LogP contribution >= 0.6 is 22.7 Å². The predicted molar refractivity (Wildman–Crippen MR) is 268 cm³/mol. The Morgan fingerprint density at radius 2 is 1.03 bits per heavy atom. The first kappa shape index (κ1) is 49.7. The van der Waals surface area contributed by atoms with Gasteiger partial charge in [0.25, 0.3) is 0 Å². The lowest BCUT2D eigenvalue weighted by molar-refractivity contribution is -0.144. The summed E-state index contributed by atoms with van der Waals surface area (Å²) in [4.78, 5) is 70.7. The van der Waals surface area contributed by atoms with Crippen molar-refractivity contribution in [1.29, 1.82) is 0 Å². The molecule has 18 nitrogen and oxygen atoms in total. The second-order valence-corrected chi connectivity index (χ2v) is 23.2. The van der Waals surface area contributed by atoms with Gasteiger partial charge in [0.2, 0.25) is 23.6 Å². The van der Waals surface area contributed by atoms with Gasteiger partial charge in [0, 0.05) is 39.0 Å². The van der Waals surface area contributed by atoms with Crippen molar-refractivity contribution in [3.8, 4) is 20.9 Å². The summed E-state index contributed by atoms with van der Waals surface area (Å²) in [5, 5.41) is 45.9. The van der Waals surface area contributed by atoms with Crippen LogP contribution in [0.4, 0.5) is 0 Å². The summed E-state index contributed by atoms with van der Waals surface area (Å²) in [6.45, 7) is 16.0. The number of aromatic nitrogens is 8. The van der Waals surface area contributed by atoms with E-state index in [9.17, 15) is 29.4 Å². The molecule has 6 aromatic rings. The molecule has 0 bridgehead atoms. The molecule has 2 saturated heterocycles. The van der Waals surface area contributed by atoms with Crippen LogP contribution in [0, 0.1) is 24.7 Å². The molecule has 3 aliphatic rings. The monoisotopic (exact) mass is 1000 g/mol. The van der Waals surface area contributed by atoms with Gasteiger partial charge >= 0.3 is 0 Å². The van der Waals surface area contributed by atoms with Crippen molar-refractivity contribution >= 4 is 46.3 Å². The highest BCUT2D eigenvalue weighted by molar-refractivity contribution is 7.13. The van der Waals surface area contributed by atoms with E-state index in [0.29, 0.717) is 24.2 Å². The van der Waals surface area contributed by atoms with Gasteiger partial charge in [-0.05, 0) is 59.8 Å². The highest BCUT2D eigenvalue weighted by Gasteiger charge is 2.53. The van der Waals surface area contributed by atoms with Gasteiger partial charge in [-0.15, -0.1) is 32.9 Å². The van der Waals surface area contributed by atoms with Crippen molar-refractivity contribution in [2.45, 2.75) is 136 Å². The zero-order valence-corrected chi connectivity index (χ0v) is 43.0. The summed E-state index contributed by atoms with van der Waals surface area (Å²) in [5.74, 6) is -1.41. The molecule has 2 aromatic carbocycles. The normalized spacial score (nSPS) is 20.8. The number of carbonyl (C=O) groups is 4. The van der Waals surface area contributed by atoms with E-state index < -0.39 is 52.6 Å². The molecule has 0 unspecified atom stereocenters. The second kappa shape index (κ2) is 19.4. The Bertz CT molecular complexity index is 2720. The number of aliphatic hydroxyl groups is 2. The van der Waals surface area contributed by atoms with Crippen LogP contribution in [0.15, 0.2) is 71.9 Å². The smallest absolute Gasteiger partial charge is 0.248 e. The van der Waals surface area contributed by atoms with Crippen LogP contribution in [0.1, 0.15) is 113 Å². The first-order valence-corrected chi connectivity index (χ1v) is 25.8. The van der Waals surface area contributed by atoms with Crippen LogP contribution in [0.3, 0.4) is 0 Å². The van der Waals surface area contributed by atoms with Crippen molar-refractivity contribution < 1.29 is 29.4 Å². The van der Waals surface area contributed by atoms with E-state index in [2.05, 4.69) is 41.2 Å². The Morgan fingerprint density at radius 1 is 0.648 bits per heavy atom. The number of amides is 4. The topological polar surface area (TPSA) is 226 Å². The summed E-state index contributed by atoms with van der Waals surface area (Å²) in [5.41, 5.74) is 8.59. The van der Waals surface area contributed by atoms with E-state index >= 15 is 0 Å². The quantitative estimate of drug-likeness (QED) is 0.106. The lowest BCUT2D eigenvalue weighted by Gasteiger charge is -2.34. The fourth-order valence-corrected chi connectivity index (χ4v) is 11.6. The number of benzene rings is 2. The zero-order valence-electron chi connectivity index (χ0n) is 41.4. The van der Waals surface area contributed by atoms with Crippen LogP contribution < -0.4 is 10.6 Å². The number of aliphatic hydroxyl groups excluding tert-OH is 2. The van der Waals surface area contributed by atoms with E-state index in [-0.39, 0.29) is 62.6 Å². The molecule has 71 heavy (non-hydrogen) atoms. The average Bonchev–Trinajstić information content (AvgIpc) is 4.04. The number of aryl methyl sites for hydroxylation is 2. The van der Waals surface area contributed by atoms with Crippen LogP contribution in [0.25, 0.3) is 20.9 Å². The maximum atomic E-state index is 14.7. The van der Waals surface area contributed by atoms with E-state index in [1.54, 1.807) is 44.4 Å². The highest BCUT2D eigenvalue weighted by Crippen LogP contribution is 2.52. The van der Waals surface area contributed by atoms with Gasteiger partial charge in [0.05, 0.1) is 73.6 Å². The zero-order chi connectivity index (χ0) is 50.6. The lowest BCUT2D eigenvalue weighted by atomic mass is 9.85. The number of hydrogen-bond acceptors (Lipinski definition) is 14. The van der Waals surface area contributed by atoms with Gasteiger partial charge < -0.3 is 30.6 Å². The molecule has 2 aliphatic heterocycles. The van der Waals surface area contributed by atoms with E-state index in [0.717, 1.165) is 43.4 Å². The number of carbonyl (C=O) groups excluding carboxylic acids is 4. The number of hydrogen-bond donors (Lipinski definition) is 4. The third kappa shape index (κ3) is 10.2. The van der Waals surface area contributed by atoms with Crippen LogP contribution in [0.2, 0.25) is 0 Å². The minimum absolute atomic E-state index is 0.000374. The van der Waals surface area contributed by atoms with Crippen LogP contribution in [-0.4, -0.2) is 121 Å². The molecule has 1 aliphatic carbocycles. The third-order valence-electron chi connectivity index (χ3n) is 14.0. The third-order valence-corrected chi connectivity index (χ3v) is 15.9. The number of thiazole rings is 2. The predicted octanol–water partition coefficient (Wildman–Crippen LogP) is 5.54. The number of likely N-dealkylation sites (tertiary alicyclic amines) is 2. The van der Waals surface area contributed by atoms with Gasteiger partial charge in [-0.2, -0.15) is 0 Å². The lowest BCUT2D eigenvalue weighted by Crippen LogP contribution is -2.50. The van der Waals surface area contributed by atoms with E-state index in [1.165, 1.54) is 9.80 Å². The molecule has 9 rings (SSSR count). The van der Waals surface area contributed by atoms with E-state index in [1.807, 2.05) is 115 Å². The van der Waals surface area contributed by atoms with E-state index in [4.69, 9.17) is 0 Å². The number of nitrogens with zero attached hydrogens (tertiary/aromatic N) is 10. The minimum atomic E-state index is -0.885. The van der Waals surface area contributed by atoms with Crippen LogP contribution in [-0.2, 0) is 37.7 Å². The Kier molecular flexibility index (Phi) is 13.6. The molecule has 0 radical (unpaired) electrons. The highest BCUT2D eigenvalue weighted by atomic mass is 32.1. The van der Waals surface area contributed by atoms with Crippen molar-refractivity contribution in [2.75, 3.05) is 13.1 Å². The Labute approximate surface area is 420 Å². The SMILES string of the molecule is Cc1ncsc1-c1ccc(CNC(=O)[C@@H]2C[C@@H](O)CN2C(=O)[C@@H](n2cc(C3(c4cn([C@H](C(=O)N5C[C@H](O)C[C@H]5C(=O)NCc5ccc(-c6scnc6C)cc5)C(C)(C)C)nn4)CC3)nn2)C(C)(C)C)cc1. The molecular weight excluding hydrogens is 941 g/mol. The average molecular weight is 1000 g/mol. The van der Waals surface area contributed by atoms with Crippen molar-refractivity contribution in [1.82, 2.24) is 60.4 Å². The maximum Gasteiger partial charge on any atom is 0.248 e. The Hall–Kier alpha value is -6.22. The Morgan fingerprint density at radius 3 is 1.35 bits per heavy atom. The Balaban J connectivity index is 0.879. The molecule has 6 heterocycles. The summed E-state index contributed by atoms with van der Waals surface area (Å²) in [6, 6.07) is 12.3. The standard InChI is InChI=1S/C51H62N12O6S2/c1-29-41(70-27-54-29)33-13-9-31(10-14-33)21-52-45(66)37-19-35(64)23-60(37)47(68)43(49(3,4)5)62-25-39(56-58-62)51(17-18-51)40-26-63(59-57-40)44(50(6,7)8)48(69)61-24-36(65)20-38(61)46(67)53-22-32-11-15-34(16-12-32)42-30(2)55-28-71-42/h9-16,25-28,35-38,43-44,64-65H,17-24H2,1-8H3,(H,52,66)(H,53,67)/t35-,36-,37+,38+,43-,44-/m1/s1. The fraction of sp³-hybridized carbons (Fsp3) is 0.490. The summed E-state index contributed by atoms with van der Waals surface area (Å²) < 4.78 is 3.11. The molecular formula is C51H62N12O6S2. The molecule has 4 amide bonds. The molecule has 3 fully saturated rings. The molecule has 0 spiro atoms. The minimum Gasteiger partial charge on any atom is -0.391 e. The molecule has 6 atom stereocenters. The fourth-order valence-electron chi connectivity index (χ4n) is 10.0. The largest absolute Gasteiger partial charge is 0.391 e. The number of nitrogens with one attached hydrogen (secondary N) is 2. The van der Waals surface area contributed by atoms with Gasteiger partial charge in [0.15, 0.2) is 0 Å². The van der Waals surface area contributed by atoms with Gasteiger partial charge in [-0.1, -0.05) is 101 Å². The van der Waals surface area contributed by atoms with Crippen LogP contribution in [0.5, 0.6) is 0 Å². The summed E-state index contributed by atoms with van der Waals surface area (Å²) >= 11 is 3.15. The molecule has 20 heteroatoms. The van der Waals surface area contributed by atoms with Gasteiger partial charge in [0.1, 0.15) is 24.2 Å². The summed E-state index contributed by atoms with van der Waals surface area (Å²) in [6.07, 6.45) is 3.33. The number of β-amino-alcohol motifs (C(OH)–C–C–N with tert-alkyl or cyclic N) is 2. The first-order chi connectivity index (χ1) is 33.7. The molecule has 374 valence electrons. The van der Waals surface area contributed by atoms with Crippen molar-refractivity contribution in [2.24, 2.45) is 10.8 Å². The first-order valence-electron chi connectivity index (χ1n) is 24.1. The van der Waals surface area contributed by atoms with Gasteiger partial charge in [-0.25, -0.2) is 19.3 Å². The summed E-state index contributed by atoms with van der Waals surface area (Å²) in [7, 11) is 0. The second-order valence-electron chi connectivity index (χ2n) is 21.4. The number of rotatable bonds is 14. The maximum absolute atomic E-state index is 14.7. The van der Waals surface area contributed by atoms with Crippen molar-refractivity contribution in [3.05, 3.63) is 106 Å². The van der Waals surface area contributed by atoms with Gasteiger partial charge in [-0.3, -0.25) is 19.2 Å². The van der Waals surface area contributed by atoms with Crippen molar-refractivity contribution in [3.63, 3.8) is 0 Å². The molecule has 1 saturated carbocycles. The molecule has 4 N–H and O–H groups in total.